The number of aryl methyl sites for hydroxylation is 3. The molecule has 0 saturated carbocycles. The van der Waals surface area contributed by atoms with Crippen LogP contribution in [0.2, 0.25) is 0 Å². The van der Waals surface area contributed by atoms with E-state index >= 15 is 0 Å². The summed E-state index contributed by atoms with van der Waals surface area (Å²) >= 11 is 0. The minimum atomic E-state index is -0.0162. The number of aromatic nitrogens is 2. The molecule has 0 fully saturated rings. The Labute approximate surface area is 125 Å². The van der Waals surface area contributed by atoms with Crippen LogP contribution >= 0.6 is 0 Å². The average molecular weight is 289 g/mol. The Hall–Kier alpha value is -2.01. The number of benzene rings is 1. The average Bonchev–Trinajstić information content (AvgIpc) is 2.75. The fraction of sp³-hybridized carbons (Fsp3) is 0.438. The van der Waals surface area contributed by atoms with E-state index in [1.54, 1.807) is 6.07 Å². The van der Waals surface area contributed by atoms with Gasteiger partial charge in [-0.05, 0) is 58.0 Å². The van der Waals surface area contributed by atoms with E-state index in [9.17, 15) is 10.2 Å². The summed E-state index contributed by atoms with van der Waals surface area (Å²) in [7, 11) is 0. The van der Waals surface area contributed by atoms with E-state index in [0.717, 1.165) is 25.2 Å². The molecule has 5 heteroatoms. The fourth-order valence-electron chi connectivity index (χ4n) is 2.45. The summed E-state index contributed by atoms with van der Waals surface area (Å²) in [6.07, 6.45) is 0.950. The first-order valence-electron chi connectivity index (χ1n) is 7.23. The fourth-order valence-corrected chi connectivity index (χ4v) is 2.45. The summed E-state index contributed by atoms with van der Waals surface area (Å²) in [4.78, 5) is 0. The van der Waals surface area contributed by atoms with Gasteiger partial charge in [0.25, 0.3) is 0 Å². The maximum Gasteiger partial charge on any atom is 0.120 e. The Morgan fingerprint density at radius 3 is 2.67 bits per heavy atom. The molecule has 2 rings (SSSR count). The predicted molar refractivity (Wildman–Crippen MR) is 82.5 cm³/mol. The van der Waals surface area contributed by atoms with E-state index in [0.29, 0.717) is 5.56 Å². The highest BCUT2D eigenvalue weighted by molar-refractivity contribution is 5.40. The Morgan fingerprint density at radius 1 is 1.24 bits per heavy atom. The summed E-state index contributed by atoms with van der Waals surface area (Å²) in [5.74, 6) is 0.366. The molecule has 1 aromatic heterocycles. The highest BCUT2D eigenvalue weighted by Crippen LogP contribution is 2.27. The molecule has 1 aromatic carbocycles. The summed E-state index contributed by atoms with van der Waals surface area (Å²) in [6, 6.07) is 6.64. The molecule has 1 atom stereocenters. The van der Waals surface area contributed by atoms with Gasteiger partial charge in [0.05, 0.1) is 5.69 Å². The van der Waals surface area contributed by atoms with Gasteiger partial charge in [-0.3, -0.25) is 4.68 Å². The zero-order valence-corrected chi connectivity index (χ0v) is 12.8. The molecule has 21 heavy (non-hydrogen) atoms. The van der Waals surface area contributed by atoms with Crippen LogP contribution in [0.4, 0.5) is 0 Å². The summed E-state index contributed by atoms with van der Waals surface area (Å²) in [5, 5.41) is 27.1. The minimum Gasteiger partial charge on any atom is -0.508 e. The molecular weight excluding hydrogens is 266 g/mol. The largest absolute Gasteiger partial charge is 0.508 e. The molecule has 1 unspecified atom stereocenters. The lowest BCUT2D eigenvalue weighted by Crippen LogP contribution is -2.21. The third-order valence-corrected chi connectivity index (χ3v) is 3.58. The van der Waals surface area contributed by atoms with Crippen molar-refractivity contribution in [1.29, 1.82) is 0 Å². The lowest BCUT2D eigenvalue weighted by atomic mass is 10.1. The Morgan fingerprint density at radius 2 is 2.00 bits per heavy atom. The van der Waals surface area contributed by atoms with Crippen molar-refractivity contribution in [3.05, 3.63) is 41.2 Å². The van der Waals surface area contributed by atoms with Crippen molar-refractivity contribution < 1.29 is 10.2 Å². The molecule has 0 radical (unpaired) electrons. The lowest BCUT2D eigenvalue weighted by molar-refractivity contribution is 0.437. The van der Waals surface area contributed by atoms with Gasteiger partial charge < -0.3 is 15.5 Å². The minimum absolute atomic E-state index is 0.0162. The number of hydrogen-bond acceptors (Lipinski definition) is 4. The van der Waals surface area contributed by atoms with Crippen molar-refractivity contribution in [2.24, 2.45) is 0 Å². The molecule has 0 aliphatic carbocycles. The van der Waals surface area contributed by atoms with Crippen molar-refractivity contribution in [3.8, 4) is 11.5 Å². The van der Waals surface area contributed by atoms with Crippen LogP contribution in [-0.2, 0) is 6.54 Å². The number of aromatic hydroxyl groups is 2. The molecule has 5 nitrogen and oxygen atoms in total. The number of nitrogens with zero attached hydrogens (tertiary/aromatic N) is 2. The molecule has 0 aliphatic heterocycles. The molecule has 0 aliphatic rings. The smallest absolute Gasteiger partial charge is 0.120 e. The second-order valence-electron chi connectivity index (χ2n) is 5.42. The first-order chi connectivity index (χ1) is 9.97. The van der Waals surface area contributed by atoms with Crippen LogP contribution in [0.15, 0.2) is 24.3 Å². The zero-order chi connectivity index (χ0) is 15.4. The van der Waals surface area contributed by atoms with E-state index in [1.165, 1.54) is 17.8 Å². The van der Waals surface area contributed by atoms with Crippen LogP contribution in [0.5, 0.6) is 11.5 Å². The Kier molecular flexibility index (Phi) is 4.85. The quantitative estimate of drug-likeness (QED) is 0.565. The van der Waals surface area contributed by atoms with Gasteiger partial charge in [0, 0.05) is 23.8 Å². The van der Waals surface area contributed by atoms with Crippen LogP contribution in [0.1, 0.15) is 36.3 Å². The van der Waals surface area contributed by atoms with Gasteiger partial charge in [-0.15, -0.1) is 0 Å². The van der Waals surface area contributed by atoms with Gasteiger partial charge in [0.2, 0.25) is 0 Å². The normalized spacial score (nSPS) is 12.5. The second kappa shape index (κ2) is 6.63. The first-order valence-corrected chi connectivity index (χ1v) is 7.23. The van der Waals surface area contributed by atoms with Crippen LogP contribution in [-0.4, -0.2) is 26.5 Å². The van der Waals surface area contributed by atoms with Crippen molar-refractivity contribution in [3.63, 3.8) is 0 Å². The maximum atomic E-state index is 9.81. The van der Waals surface area contributed by atoms with Crippen LogP contribution in [0.3, 0.4) is 0 Å². The lowest BCUT2D eigenvalue weighted by Gasteiger charge is -2.16. The van der Waals surface area contributed by atoms with Gasteiger partial charge >= 0.3 is 0 Å². The van der Waals surface area contributed by atoms with Crippen molar-refractivity contribution in [2.45, 2.75) is 39.8 Å². The van der Waals surface area contributed by atoms with Crippen LogP contribution in [0.25, 0.3) is 0 Å². The summed E-state index contributed by atoms with van der Waals surface area (Å²) in [5.41, 5.74) is 2.92. The van der Waals surface area contributed by atoms with Crippen molar-refractivity contribution in [2.75, 3.05) is 6.54 Å². The van der Waals surface area contributed by atoms with Gasteiger partial charge in [-0.1, -0.05) is 0 Å². The highest BCUT2D eigenvalue weighted by atomic mass is 16.3. The molecule has 114 valence electrons. The van der Waals surface area contributed by atoms with E-state index in [2.05, 4.69) is 23.4 Å². The third kappa shape index (κ3) is 3.98. The molecule has 0 bridgehead atoms. The molecule has 2 aromatic rings. The van der Waals surface area contributed by atoms with Gasteiger partial charge in [-0.2, -0.15) is 5.10 Å². The monoisotopic (exact) mass is 289 g/mol. The summed E-state index contributed by atoms with van der Waals surface area (Å²) in [6.45, 7) is 7.70. The van der Waals surface area contributed by atoms with Crippen molar-refractivity contribution >= 4 is 0 Å². The SMILES string of the molecule is Cc1cc(C)n(CCCNC(C)c2cc(O)ccc2O)n1. The predicted octanol–water partition coefficient (Wildman–Crippen LogP) is 2.65. The van der Waals surface area contributed by atoms with E-state index < -0.39 is 0 Å². The maximum absolute atomic E-state index is 9.81. The van der Waals surface area contributed by atoms with Gasteiger partial charge in [-0.25, -0.2) is 0 Å². The molecule has 0 spiro atoms. The van der Waals surface area contributed by atoms with Gasteiger partial charge in [0.1, 0.15) is 11.5 Å². The van der Waals surface area contributed by atoms with E-state index in [4.69, 9.17) is 0 Å². The Balaban J connectivity index is 1.83. The molecule has 1 heterocycles. The second-order valence-corrected chi connectivity index (χ2v) is 5.42. The number of hydrogen-bond donors (Lipinski definition) is 3. The summed E-state index contributed by atoms with van der Waals surface area (Å²) < 4.78 is 2.01. The number of rotatable bonds is 6. The molecule has 3 N–H and O–H groups in total. The van der Waals surface area contributed by atoms with E-state index in [-0.39, 0.29) is 17.5 Å². The van der Waals surface area contributed by atoms with Crippen molar-refractivity contribution in [1.82, 2.24) is 15.1 Å². The Bertz CT molecular complexity index is 608. The molecular formula is C16H23N3O2. The molecule has 0 saturated heterocycles. The molecule has 0 amide bonds. The topological polar surface area (TPSA) is 70.3 Å². The van der Waals surface area contributed by atoms with Gasteiger partial charge in [0.15, 0.2) is 0 Å². The number of phenols is 2. The number of phenolic OH excluding ortho intramolecular Hbond substituents is 2. The number of nitrogens with one attached hydrogen (secondary N) is 1. The van der Waals surface area contributed by atoms with Crippen LogP contribution < -0.4 is 5.32 Å². The zero-order valence-electron chi connectivity index (χ0n) is 12.8. The standard InChI is InChI=1S/C16H23N3O2/c1-11-9-12(2)19(18-11)8-4-7-17-13(3)15-10-14(20)5-6-16(15)21/h5-6,9-10,13,17,20-21H,4,7-8H2,1-3H3. The first kappa shape index (κ1) is 15.4. The van der Waals surface area contributed by atoms with E-state index in [1.807, 2.05) is 18.5 Å². The third-order valence-electron chi connectivity index (χ3n) is 3.58. The highest BCUT2D eigenvalue weighted by Gasteiger charge is 2.10. The van der Waals surface area contributed by atoms with Crippen LogP contribution in [0, 0.1) is 13.8 Å².